The van der Waals surface area contributed by atoms with E-state index in [0.29, 0.717) is 40.2 Å². The Morgan fingerprint density at radius 3 is 2.49 bits per heavy atom. The second-order valence-electron chi connectivity index (χ2n) is 8.49. The number of ether oxygens (including phenoxy) is 3. The summed E-state index contributed by atoms with van der Waals surface area (Å²) in [6, 6.07) is 19.1. The van der Waals surface area contributed by atoms with E-state index < -0.39 is 0 Å². The van der Waals surface area contributed by atoms with Crippen LogP contribution in [0.15, 0.2) is 65.6 Å². The number of imide groups is 1. The number of thioether (sulfide) groups is 1. The summed E-state index contributed by atoms with van der Waals surface area (Å²) < 4.78 is 17.6. The fourth-order valence-electron chi connectivity index (χ4n) is 3.76. The van der Waals surface area contributed by atoms with Crippen LogP contribution in [0, 0.1) is 13.8 Å². The molecule has 0 aliphatic carbocycles. The molecule has 0 N–H and O–H groups in total. The van der Waals surface area contributed by atoms with Crippen molar-refractivity contribution in [2.45, 2.75) is 27.4 Å². The standard InChI is InChI=1S/C29H28ClNO5S/c1-4-34-25-16-22(15-23(30)27(25)36-18-21-8-6-5-7-9-21)17-26-28(32)31(29(33)37-26)12-13-35-24-14-19(2)10-11-20(24)3/h5-11,14-17H,4,12-13,18H2,1-3H3/b26-17-. The Hall–Kier alpha value is -3.42. The topological polar surface area (TPSA) is 65.1 Å². The quantitative estimate of drug-likeness (QED) is 0.258. The Morgan fingerprint density at radius 2 is 1.73 bits per heavy atom. The average Bonchev–Trinajstić information content (AvgIpc) is 3.13. The summed E-state index contributed by atoms with van der Waals surface area (Å²) >= 11 is 7.44. The van der Waals surface area contributed by atoms with Crippen molar-refractivity contribution < 1.29 is 23.8 Å². The molecule has 3 aromatic carbocycles. The van der Waals surface area contributed by atoms with Gasteiger partial charge in [-0.25, -0.2) is 0 Å². The van der Waals surface area contributed by atoms with Gasteiger partial charge in [0.25, 0.3) is 11.1 Å². The second kappa shape index (κ2) is 12.2. The first-order valence-corrected chi connectivity index (χ1v) is 13.1. The van der Waals surface area contributed by atoms with E-state index in [9.17, 15) is 9.59 Å². The number of amides is 2. The van der Waals surface area contributed by atoms with Crippen molar-refractivity contribution in [3.05, 3.63) is 92.8 Å². The molecule has 2 amide bonds. The van der Waals surface area contributed by atoms with Crippen molar-refractivity contribution in [3.63, 3.8) is 0 Å². The number of hydrogen-bond acceptors (Lipinski definition) is 6. The van der Waals surface area contributed by atoms with Gasteiger partial charge in [-0.3, -0.25) is 14.5 Å². The van der Waals surface area contributed by atoms with Crippen LogP contribution >= 0.6 is 23.4 Å². The summed E-state index contributed by atoms with van der Waals surface area (Å²) in [5.41, 5.74) is 3.71. The number of nitrogens with zero attached hydrogens (tertiary/aromatic N) is 1. The van der Waals surface area contributed by atoms with Gasteiger partial charge in [0.2, 0.25) is 0 Å². The molecule has 192 valence electrons. The predicted molar refractivity (Wildman–Crippen MR) is 147 cm³/mol. The van der Waals surface area contributed by atoms with Crippen LogP contribution in [0.5, 0.6) is 17.2 Å². The Bertz CT molecular complexity index is 1330. The second-order valence-corrected chi connectivity index (χ2v) is 9.89. The highest BCUT2D eigenvalue weighted by Crippen LogP contribution is 2.39. The molecule has 3 aromatic rings. The highest BCUT2D eigenvalue weighted by atomic mass is 35.5. The fraction of sp³-hybridized carbons (Fsp3) is 0.241. The van der Waals surface area contributed by atoms with E-state index >= 15 is 0 Å². The summed E-state index contributed by atoms with van der Waals surface area (Å²) in [6.45, 7) is 6.93. The molecular weight excluding hydrogens is 510 g/mol. The first-order chi connectivity index (χ1) is 17.9. The van der Waals surface area contributed by atoms with Gasteiger partial charge in [-0.05, 0) is 79.1 Å². The number of rotatable bonds is 10. The van der Waals surface area contributed by atoms with E-state index in [0.717, 1.165) is 34.2 Å². The molecular formula is C29H28ClNO5S. The number of carbonyl (C=O) groups excluding carboxylic acids is 2. The molecule has 1 aliphatic rings. The first-order valence-electron chi connectivity index (χ1n) is 11.9. The Morgan fingerprint density at radius 1 is 0.946 bits per heavy atom. The molecule has 0 bridgehead atoms. The minimum Gasteiger partial charge on any atom is -0.491 e. The molecule has 1 fully saturated rings. The van der Waals surface area contributed by atoms with Crippen LogP contribution in [0.25, 0.3) is 6.08 Å². The van der Waals surface area contributed by atoms with Gasteiger partial charge in [0.15, 0.2) is 11.5 Å². The molecule has 8 heteroatoms. The highest BCUT2D eigenvalue weighted by Gasteiger charge is 2.35. The normalized spacial score (nSPS) is 14.4. The molecule has 0 aromatic heterocycles. The van der Waals surface area contributed by atoms with Crippen LogP contribution in [0.1, 0.15) is 29.2 Å². The van der Waals surface area contributed by atoms with Gasteiger partial charge < -0.3 is 14.2 Å². The lowest BCUT2D eigenvalue weighted by atomic mass is 10.1. The Labute approximate surface area is 226 Å². The van der Waals surface area contributed by atoms with E-state index in [-0.39, 0.29) is 24.3 Å². The monoisotopic (exact) mass is 537 g/mol. The van der Waals surface area contributed by atoms with Crippen molar-refractivity contribution in [1.29, 1.82) is 0 Å². The fourth-order valence-corrected chi connectivity index (χ4v) is 4.90. The largest absolute Gasteiger partial charge is 0.491 e. The number of carbonyl (C=O) groups is 2. The molecule has 1 heterocycles. The number of benzene rings is 3. The minimum atomic E-state index is -0.363. The third-order valence-electron chi connectivity index (χ3n) is 5.65. The maximum atomic E-state index is 13.0. The van der Waals surface area contributed by atoms with Crippen LogP contribution in [-0.4, -0.2) is 35.8 Å². The zero-order chi connectivity index (χ0) is 26.4. The Kier molecular flexibility index (Phi) is 8.79. The van der Waals surface area contributed by atoms with Gasteiger partial charge in [-0.2, -0.15) is 0 Å². The zero-order valence-electron chi connectivity index (χ0n) is 21.0. The lowest BCUT2D eigenvalue weighted by Crippen LogP contribution is -2.32. The molecule has 0 spiro atoms. The third-order valence-corrected chi connectivity index (χ3v) is 6.83. The maximum absolute atomic E-state index is 13.0. The van der Waals surface area contributed by atoms with E-state index in [2.05, 4.69) is 0 Å². The minimum absolute atomic E-state index is 0.159. The number of hydrogen-bond donors (Lipinski definition) is 0. The third kappa shape index (κ3) is 6.67. The van der Waals surface area contributed by atoms with Crippen molar-refractivity contribution in [3.8, 4) is 17.2 Å². The lowest BCUT2D eigenvalue weighted by molar-refractivity contribution is -0.123. The molecule has 0 saturated carbocycles. The van der Waals surface area contributed by atoms with Crippen LogP contribution in [0.3, 0.4) is 0 Å². The highest BCUT2D eigenvalue weighted by molar-refractivity contribution is 8.18. The summed E-state index contributed by atoms with van der Waals surface area (Å²) in [4.78, 5) is 27.0. The predicted octanol–water partition coefficient (Wildman–Crippen LogP) is 7.05. The average molecular weight is 538 g/mol. The van der Waals surface area contributed by atoms with E-state index in [4.69, 9.17) is 25.8 Å². The maximum Gasteiger partial charge on any atom is 0.293 e. The van der Waals surface area contributed by atoms with Crippen LogP contribution in [0.2, 0.25) is 5.02 Å². The van der Waals surface area contributed by atoms with Crippen molar-refractivity contribution in [2.24, 2.45) is 0 Å². The molecule has 1 aliphatic heterocycles. The zero-order valence-corrected chi connectivity index (χ0v) is 22.5. The molecule has 4 rings (SSSR count). The molecule has 6 nitrogen and oxygen atoms in total. The Balaban J connectivity index is 1.46. The van der Waals surface area contributed by atoms with Crippen LogP contribution in [-0.2, 0) is 11.4 Å². The van der Waals surface area contributed by atoms with Gasteiger partial charge in [-0.15, -0.1) is 0 Å². The van der Waals surface area contributed by atoms with E-state index in [1.807, 2.05) is 69.3 Å². The molecule has 1 saturated heterocycles. The molecule has 0 radical (unpaired) electrons. The van der Waals surface area contributed by atoms with Crippen molar-refractivity contribution in [1.82, 2.24) is 4.90 Å². The summed E-state index contributed by atoms with van der Waals surface area (Å²) in [6.07, 6.45) is 1.64. The first kappa shape index (κ1) is 26.6. The summed E-state index contributed by atoms with van der Waals surface area (Å²) in [7, 11) is 0. The van der Waals surface area contributed by atoms with Crippen LogP contribution < -0.4 is 14.2 Å². The van der Waals surface area contributed by atoms with Gasteiger partial charge >= 0.3 is 0 Å². The van der Waals surface area contributed by atoms with Crippen LogP contribution in [0.4, 0.5) is 4.79 Å². The molecule has 0 atom stereocenters. The molecule has 0 unspecified atom stereocenters. The van der Waals surface area contributed by atoms with E-state index in [1.54, 1.807) is 18.2 Å². The van der Waals surface area contributed by atoms with Crippen molar-refractivity contribution >= 4 is 40.6 Å². The van der Waals surface area contributed by atoms with Gasteiger partial charge in [-0.1, -0.05) is 54.1 Å². The molecule has 37 heavy (non-hydrogen) atoms. The SMILES string of the molecule is CCOc1cc(/C=C2\SC(=O)N(CCOc3cc(C)ccc3C)C2=O)cc(Cl)c1OCc1ccccc1. The van der Waals surface area contributed by atoms with Gasteiger partial charge in [0, 0.05) is 0 Å². The van der Waals surface area contributed by atoms with Gasteiger partial charge in [0.05, 0.1) is 23.1 Å². The lowest BCUT2D eigenvalue weighted by Gasteiger charge is -2.15. The summed E-state index contributed by atoms with van der Waals surface area (Å²) in [5, 5.41) is 0.0223. The summed E-state index contributed by atoms with van der Waals surface area (Å²) in [5.74, 6) is 1.28. The number of aryl methyl sites for hydroxylation is 2. The van der Waals surface area contributed by atoms with E-state index in [1.165, 1.54) is 4.90 Å². The van der Waals surface area contributed by atoms with Gasteiger partial charge in [0.1, 0.15) is 19.0 Å². The smallest absolute Gasteiger partial charge is 0.293 e. The number of halogens is 1. The van der Waals surface area contributed by atoms with Crippen molar-refractivity contribution in [2.75, 3.05) is 19.8 Å².